The topological polar surface area (TPSA) is 68.0 Å². The number of aromatic nitrogens is 1. The number of hydrogen-bond acceptors (Lipinski definition) is 3. The minimum atomic E-state index is -0.227. The number of amides is 1. The molecule has 0 unspecified atom stereocenters. The Morgan fingerprint density at radius 1 is 1.33 bits per heavy atom. The van der Waals surface area contributed by atoms with Crippen molar-refractivity contribution in [2.24, 2.45) is 0 Å². The van der Waals surface area contributed by atoms with E-state index < -0.39 is 0 Å². The number of carbonyl (C=O) groups excluding carboxylic acids is 1. The third kappa shape index (κ3) is 2.78. The van der Waals surface area contributed by atoms with Gasteiger partial charge in [0.1, 0.15) is 5.15 Å². The summed E-state index contributed by atoms with van der Waals surface area (Å²) in [6.07, 6.45) is 0. The molecular weight excluding hydrogens is 250 g/mol. The van der Waals surface area contributed by atoms with E-state index in [1.54, 1.807) is 43.3 Å². The van der Waals surface area contributed by atoms with Crippen molar-refractivity contribution in [2.75, 3.05) is 11.1 Å². The van der Waals surface area contributed by atoms with E-state index in [1.807, 2.05) is 0 Å². The molecule has 0 fully saturated rings. The summed E-state index contributed by atoms with van der Waals surface area (Å²) in [4.78, 5) is 16.0. The van der Waals surface area contributed by atoms with E-state index >= 15 is 0 Å². The number of nitrogen functional groups attached to an aromatic ring is 1. The van der Waals surface area contributed by atoms with Crippen LogP contribution in [0.1, 0.15) is 16.1 Å². The summed E-state index contributed by atoms with van der Waals surface area (Å²) in [5.41, 5.74) is 7.98. The second-order valence-corrected chi connectivity index (χ2v) is 4.23. The van der Waals surface area contributed by atoms with Gasteiger partial charge in [-0.15, -0.1) is 0 Å². The van der Waals surface area contributed by atoms with E-state index in [2.05, 4.69) is 10.3 Å². The van der Waals surface area contributed by atoms with Gasteiger partial charge in [0.15, 0.2) is 0 Å². The van der Waals surface area contributed by atoms with Gasteiger partial charge in [0, 0.05) is 11.3 Å². The summed E-state index contributed by atoms with van der Waals surface area (Å²) in [5, 5.41) is 3.16. The minimum absolute atomic E-state index is 0.227. The number of benzene rings is 1. The average molecular weight is 262 g/mol. The predicted octanol–water partition coefficient (Wildman–Crippen LogP) is 2.88. The van der Waals surface area contributed by atoms with Crippen LogP contribution >= 0.6 is 11.6 Å². The maximum Gasteiger partial charge on any atom is 0.255 e. The predicted molar refractivity (Wildman–Crippen MR) is 72.8 cm³/mol. The van der Waals surface area contributed by atoms with Crippen LogP contribution in [0.2, 0.25) is 5.15 Å². The molecule has 0 spiro atoms. The zero-order valence-electron chi connectivity index (χ0n) is 9.77. The van der Waals surface area contributed by atoms with Crippen molar-refractivity contribution in [3.63, 3.8) is 0 Å². The maximum absolute atomic E-state index is 12.0. The van der Waals surface area contributed by atoms with Gasteiger partial charge in [-0.2, -0.15) is 0 Å². The van der Waals surface area contributed by atoms with Crippen molar-refractivity contribution >= 4 is 28.9 Å². The molecule has 1 aromatic heterocycles. The summed E-state index contributed by atoms with van der Waals surface area (Å²) >= 11 is 5.75. The molecule has 1 heterocycles. The summed E-state index contributed by atoms with van der Waals surface area (Å²) in [6.45, 7) is 1.78. The molecule has 0 saturated heterocycles. The molecular formula is C13H12ClN3O. The summed E-state index contributed by atoms with van der Waals surface area (Å²) in [5.74, 6) is -0.227. The highest BCUT2D eigenvalue weighted by molar-refractivity contribution is 6.29. The number of nitrogens with zero attached hydrogens (tertiary/aromatic N) is 1. The number of nitrogens with two attached hydrogens (primary N) is 1. The number of carbonyl (C=O) groups is 1. The Morgan fingerprint density at radius 2 is 2.11 bits per heavy atom. The van der Waals surface area contributed by atoms with Gasteiger partial charge in [0.25, 0.3) is 5.91 Å². The first-order valence-electron chi connectivity index (χ1n) is 5.36. The number of pyridine rings is 1. The highest BCUT2D eigenvalue weighted by atomic mass is 35.5. The fourth-order valence-corrected chi connectivity index (χ4v) is 1.73. The smallest absolute Gasteiger partial charge is 0.255 e. The monoisotopic (exact) mass is 261 g/mol. The number of anilines is 2. The summed E-state index contributed by atoms with van der Waals surface area (Å²) in [6, 6.07) is 10.1. The molecule has 4 nitrogen and oxygen atoms in total. The Balaban J connectivity index is 2.21. The first kappa shape index (κ1) is 12.4. The van der Waals surface area contributed by atoms with Crippen LogP contribution < -0.4 is 11.1 Å². The second-order valence-electron chi connectivity index (χ2n) is 3.85. The lowest BCUT2D eigenvalue weighted by atomic mass is 10.2. The van der Waals surface area contributed by atoms with Gasteiger partial charge < -0.3 is 11.1 Å². The maximum atomic E-state index is 12.0. The van der Waals surface area contributed by atoms with Crippen LogP contribution in [0.25, 0.3) is 0 Å². The molecule has 0 aliphatic rings. The third-order valence-corrected chi connectivity index (χ3v) is 2.66. The van der Waals surface area contributed by atoms with Gasteiger partial charge in [0.05, 0.1) is 11.4 Å². The quantitative estimate of drug-likeness (QED) is 0.645. The molecule has 5 heteroatoms. The first-order valence-corrected chi connectivity index (χ1v) is 5.74. The van der Waals surface area contributed by atoms with E-state index in [9.17, 15) is 4.79 Å². The number of aryl methyl sites for hydroxylation is 1. The highest BCUT2D eigenvalue weighted by Crippen LogP contribution is 2.17. The minimum Gasteiger partial charge on any atom is -0.399 e. The molecule has 2 aromatic rings. The number of hydrogen-bond donors (Lipinski definition) is 2. The standard InChI is InChI=1S/C13H12ClN3O/c1-8-11(5-6-12(14)16-8)17-13(18)9-3-2-4-10(15)7-9/h2-7H,15H2,1H3,(H,17,18). The van der Waals surface area contributed by atoms with Crippen LogP contribution in [0.3, 0.4) is 0 Å². The summed E-state index contributed by atoms with van der Waals surface area (Å²) < 4.78 is 0. The summed E-state index contributed by atoms with van der Waals surface area (Å²) in [7, 11) is 0. The molecule has 3 N–H and O–H groups in total. The Hall–Kier alpha value is -2.07. The molecule has 0 radical (unpaired) electrons. The molecule has 0 atom stereocenters. The van der Waals surface area contributed by atoms with Crippen molar-refractivity contribution in [3.05, 3.63) is 52.8 Å². The normalized spacial score (nSPS) is 10.1. The third-order valence-electron chi connectivity index (χ3n) is 2.45. The Labute approximate surface area is 110 Å². The Morgan fingerprint density at radius 3 is 2.78 bits per heavy atom. The molecule has 1 aromatic carbocycles. The van der Waals surface area contributed by atoms with Crippen LogP contribution in [-0.2, 0) is 0 Å². The van der Waals surface area contributed by atoms with Gasteiger partial charge in [0.2, 0.25) is 0 Å². The van der Waals surface area contributed by atoms with Gasteiger partial charge >= 0.3 is 0 Å². The average Bonchev–Trinajstić information content (AvgIpc) is 2.32. The zero-order chi connectivity index (χ0) is 13.1. The van der Waals surface area contributed by atoms with Crippen LogP contribution in [0.5, 0.6) is 0 Å². The van der Waals surface area contributed by atoms with Crippen molar-refractivity contribution in [1.29, 1.82) is 0 Å². The van der Waals surface area contributed by atoms with Gasteiger partial charge in [-0.3, -0.25) is 4.79 Å². The van der Waals surface area contributed by atoms with Crippen molar-refractivity contribution in [2.45, 2.75) is 6.92 Å². The number of rotatable bonds is 2. The molecule has 2 rings (SSSR count). The van der Waals surface area contributed by atoms with Crippen molar-refractivity contribution in [1.82, 2.24) is 4.98 Å². The van der Waals surface area contributed by atoms with Crippen LogP contribution in [0.4, 0.5) is 11.4 Å². The van der Waals surface area contributed by atoms with E-state index in [0.29, 0.717) is 27.8 Å². The van der Waals surface area contributed by atoms with Gasteiger partial charge in [-0.1, -0.05) is 17.7 Å². The van der Waals surface area contributed by atoms with E-state index in [4.69, 9.17) is 17.3 Å². The number of nitrogens with one attached hydrogen (secondary N) is 1. The zero-order valence-corrected chi connectivity index (χ0v) is 10.5. The van der Waals surface area contributed by atoms with E-state index in [0.717, 1.165) is 0 Å². The fraction of sp³-hybridized carbons (Fsp3) is 0.0769. The lowest BCUT2D eigenvalue weighted by Crippen LogP contribution is -2.13. The molecule has 0 aliphatic heterocycles. The number of halogens is 1. The van der Waals surface area contributed by atoms with Crippen molar-refractivity contribution < 1.29 is 4.79 Å². The lowest BCUT2D eigenvalue weighted by Gasteiger charge is -2.08. The van der Waals surface area contributed by atoms with E-state index in [1.165, 1.54) is 0 Å². The van der Waals surface area contributed by atoms with E-state index in [-0.39, 0.29) is 5.91 Å². The lowest BCUT2D eigenvalue weighted by molar-refractivity contribution is 0.102. The van der Waals surface area contributed by atoms with Crippen LogP contribution in [-0.4, -0.2) is 10.9 Å². The Bertz CT molecular complexity index is 599. The highest BCUT2D eigenvalue weighted by Gasteiger charge is 2.08. The molecule has 0 aliphatic carbocycles. The first-order chi connectivity index (χ1) is 8.56. The van der Waals surface area contributed by atoms with Crippen LogP contribution in [0.15, 0.2) is 36.4 Å². The second kappa shape index (κ2) is 5.06. The molecule has 0 saturated carbocycles. The molecule has 18 heavy (non-hydrogen) atoms. The SMILES string of the molecule is Cc1nc(Cl)ccc1NC(=O)c1cccc(N)c1. The van der Waals surface area contributed by atoms with Crippen molar-refractivity contribution in [3.8, 4) is 0 Å². The van der Waals surface area contributed by atoms with Gasteiger partial charge in [-0.25, -0.2) is 4.98 Å². The molecule has 1 amide bonds. The largest absolute Gasteiger partial charge is 0.399 e. The Kier molecular flexibility index (Phi) is 3.48. The fourth-order valence-electron chi connectivity index (χ4n) is 1.54. The van der Waals surface area contributed by atoms with Gasteiger partial charge in [-0.05, 0) is 37.3 Å². The van der Waals surface area contributed by atoms with Crippen LogP contribution in [0, 0.1) is 6.92 Å². The molecule has 92 valence electrons. The molecule has 0 bridgehead atoms.